The molecule has 0 radical (unpaired) electrons. The maximum absolute atomic E-state index is 9.32. The van der Waals surface area contributed by atoms with Crippen molar-refractivity contribution in [1.82, 2.24) is 9.97 Å². The molecule has 0 saturated heterocycles. The van der Waals surface area contributed by atoms with Gasteiger partial charge in [-0.25, -0.2) is 4.98 Å². The summed E-state index contributed by atoms with van der Waals surface area (Å²) < 4.78 is 0. The van der Waals surface area contributed by atoms with Gasteiger partial charge in [0.25, 0.3) is 0 Å². The molecule has 86 valence electrons. The molecule has 2 rings (SSSR count). The predicted octanol–water partition coefficient (Wildman–Crippen LogP) is 1.94. The molecule has 0 bridgehead atoms. The van der Waals surface area contributed by atoms with E-state index in [1.54, 1.807) is 12.1 Å². The molecule has 0 aliphatic carbocycles. The number of H-pyrrole nitrogens is 1. The fraction of sp³-hybridized carbons (Fsp3) is 0.417. The number of fused-ring (bicyclic) bond motifs is 1. The Morgan fingerprint density at radius 3 is 2.94 bits per heavy atom. The number of nitrogens with one attached hydrogen (secondary N) is 1. The molecule has 4 N–H and O–H groups in total. The van der Waals surface area contributed by atoms with Crippen LogP contribution >= 0.6 is 0 Å². The summed E-state index contributed by atoms with van der Waals surface area (Å²) in [7, 11) is 0. The van der Waals surface area contributed by atoms with Crippen LogP contribution in [0, 0.1) is 0 Å². The number of rotatable bonds is 5. The van der Waals surface area contributed by atoms with E-state index < -0.39 is 0 Å². The second-order valence-corrected chi connectivity index (χ2v) is 3.98. The van der Waals surface area contributed by atoms with Crippen LogP contribution in [0.15, 0.2) is 18.2 Å². The molecule has 4 heteroatoms. The molecule has 4 nitrogen and oxygen atoms in total. The standard InChI is InChI=1S/C12H17N3O/c13-7-3-1-2-4-12-14-10-6-5-9(16)8-11(10)15-12/h5-6,8,16H,1-4,7,13H2,(H,14,15). The van der Waals surface area contributed by atoms with Crippen molar-refractivity contribution in [1.29, 1.82) is 0 Å². The van der Waals surface area contributed by atoms with Crippen LogP contribution in [-0.2, 0) is 6.42 Å². The number of imidazole rings is 1. The monoisotopic (exact) mass is 219 g/mol. The summed E-state index contributed by atoms with van der Waals surface area (Å²) in [5.41, 5.74) is 7.24. The zero-order valence-corrected chi connectivity index (χ0v) is 9.24. The van der Waals surface area contributed by atoms with E-state index in [9.17, 15) is 5.11 Å². The maximum atomic E-state index is 9.32. The Kier molecular flexibility index (Phi) is 3.41. The van der Waals surface area contributed by atoms with E-state index in [-0.39, 0.29) is 5.75 Å². The normalized spacial score (nSPS) is 11.1. The number of aromatic amines is 1. The van der Waals surface area contributed by atoms with Crippen molar-refractivity contribution in [2.75, 3.05) is 6.54 Å². The molecule has 0 aliphatic rings. The number of hydrogen-bond acceptors (Lipinski definition) is 3. The van der Waals surface area contributed by atoms with Gasteiger partial charge in [0.2, 0.25) is 0 Å². The van der Waals surface area contributed by atoms with Gasteiger partial charge < -0.3 is 15.8 Å². The van der Waals surface area contributed by atoms with Crippen molar-refractivity contribution in [2.45, 2.75) is 25.7 Å². The number of unbranched alkanes of at least 4 members (excludes halogenated alkanes) is 2. The number of phenols is 1. The minimum atomic E-state index is 0.269. The first-order valence-corrected chi connectivity index (χ1v) is 5.67. The third-order valence-electron chi connectivity index (χ3n) is 2.63. The summed E-state index contributed by atoms with van der Waals surface area (Å²) in [6, 6.07) is 5.18. The molecule has 0 saturated carbocycles. The fourth-order valence-corrected chi connectivity index (χ4v) is 1.78. The van der Waals surface area contributed by atoms with Gasteiger partial charge in [-0.2, -0.15) is 0 Å². The van der Waals surface area contributed by atoms with Crippen LogP contribution in [0.1, 0.15) is 25.1 Å². The van der Waals surface area contributed by atoms with Crippen molar-refractivity contribution in [2.24, 2.45) is 5.73 Å². The molecule has 2 aromatic rings. The highest BCUT2D eigenvalue weighted by Gasteiger charge is 2.02. The lowest BCUT2D eigenvalue weighted by molar-refractivity contribution is 0.476. The Morgan fingerprint density at radius 1 is 1.25 bits per heavy atom. The molecule has 0 atom stereocenters. The van der Waals surface area contributed by atoms with Gasteiger partial charge in [-0.05, 0) is 31.5 Å². The average Bonchev–Trinajstić information content (AvgIpc) is 2.66. The minimum absolute atomic E-state index is 0.269. The Hall–Kier alpha value is -1.55. The molecule has 1 aromatic carbocycles. The maximum Gasteiger partial charge on any atom is 0.117 e. The lowest BCUT2D eigenvalue weighted by atomic mass is 10.2. The molecule has 0 amide bonds. The van der Waals surface area contributed by atoms with Crippen LogP contribution in [-0.4, -0.2) is 21.6 Å². The zero-order chi connectivity index (χ0) is 11.4. The van der Waals surface area contributed by atoms with Gasteiger partial charge in [0.1, 0.15) is 11.6 Å². The first-order valence-electron chi connectivity index (χ1n) is 5.67. The van der Waals surface area contributed by atoms with Gasteiger partial charge in [0, 0.05) is 12.5 Å². The van der Waals surface area contributed by atoms with Gasteiger partial charge >= 0.3 is 0 Å². The van der Waals surface area contributed by atoms with Crippen LogP contribution in [0.5, 0.6) is 5.75 Å². The van der Waals surface area contributed by atoms with Crippen molar-refractivity contribution in [3.8, 4) is 5.75 Å². The largest absolute Gasteiger partial charge is 0.508 e. The quantitative estimate of drug-likeness (QED) is 0.673. The van der Waals surface area contributed by atoms with Crippen molar-refractivity contribution < 1.29 is 5.11 Å². The number of aromatic hydroxyl groups is 1. The number of phenolic OH excluding ortho intramolecular Hbond substituents is 1. The molecule has 0 fully saturated rings. The van der Waals surface area contributed by atoms with Crippen LogP contribution in [0.3, 0.4) is 0 Å². The SMILES string of the molecule is NCCCCCc1nc2ccc(O)cc2[nH]1. The predicted molar refractivity (Wildman–Crippen MR) is 64.4 cm³/mol. The smallest absolute Gasteiger partial charge is 0.117 e. The van der Waals surface area contributed by atoms with Crippen LogP contribution in [0.25, 0.3) is 11.0 Å². The highest BCUT2D eigenvalue weighted by Crippen LogP contribution is 2.18. The topological polar surface area (TPSA) is 74.9 Å². The lowest BCUT2D eigenvalue weighted by Gasteiger charge is -1.95. The molecule has 16 heavy (non-hydrogen) atoms. The average molecular weight is 219 g/mol. The first kappa shape index (κ1) is 11.0. The van der Waals surface area contributed by atoms with Crippen molar-refractivity contribution in [3.63, 3.8) is 0 Å². The Labute approximate surface area is 94.5 Å². The van der Waals surface area contributed by atoms with E-state index in [1.165, 1.54) is 0 Å². The first-order chi connectivity index (χ1) is 7.79. The molecule has 1 heterocycles. The molecule has 1 aromatic heterocycles. The molecule has 0 unspecified atom stereocenters. The third kappa shape index (κ3) is 2.52. The zero-order valence-electron chi connectivity index (χ0n) is 9.24. The van der Waals surface area contributed by atoms with E-state index >= 15 is 0 Å². The summed E-state index contributed by atoms with van der Waals surface area (Å²) in [5.74, 6) is 1.25. The number of nitrogens with two attached hydrogens (primary N) is 1. The van der Waals surface area contributed by atoms with Crippen molar-refractivity contribution in [3.05, 3.63) is 24.0 Å². The fourth-order valence-electron chi connectivity index (χ4n) is 1.78. The van der Waals surface area contributed by atoms with Crippen molar-refractivity contribution >= 4 is 11.0 Å². The summed E-state index contributed by atoms with van der Waals surface area (Å²) in [4.78, 5) is 7.66. The van der Waals surface area contributed by atoms with E-state index in [4.69, 9.17) is 5.73 Å². The Balaban J connectivity index is 2.02. The summed E-state index contributed by atoms with van der Waals surface area (Å²) in [6.07, 6.45) is 4.25. The number of benzene rings is 1. The van der Waals surface area contributed by atoms with Crippen LogP contribution in [0.4, 0.5) is 0 Å². The van der Waals surface area contributed by atoms with Gasteiger partial charge in [0.15, 0.2) is 0 Å². The highest BCUT2D eigenvalue weighted by molar-refractivity contribution is 5.76. The second kappa shape index (κ2) is 4.99. The Morgan fingerprint density at radius 2 is 2.12 bits per heavy atom. The minimum Gasteiger partial charge on any atom is -0.508 e. The van der Waals surface area contributed by atoms with Gasteiger partial charge in [-0.1, -0.05) is 6.42 Å². The Bertz CT molecular complexity index is 464. The molecular weight excluding hydrogens is 202 g/mol. The lowest BCUT2D eigenvalue weighted by Crippen LogP contribution is -1.98. The van der Waals surface area contributed by atoms with Gasteiger partial charge in [-0.15, -0.1) is 0 Å². The van der Waals surface area contributed by atoms with E-state index in [1.807, 2.05) is 6.07 Å². The summed E-state index contributed by atoms with van der Waals surface area (Å²) >= 11 is 0. The summed E-state index contributed by atoms with van der Waals surface area (Å²) in [5, 5.41) is 9.32. The number of aromatic nitrogens is 2. The van der Waals surface area contributed by atoms with E-state index in [2.05, 4.69) is 9.97 Å². The highest BCUT2D eigenvalue weighted by atomic mass is 16.3. The van der Waals surface area contributed by atoms with Crippen LogP contribution < -0.4 is 5.73 Å². The second-order valence-electron chi connectivity index (χ2n) is 3.98. The molecule has 0 spiro atoms. The molecular formula is C12H17N3O. The van der Waals surface area contributed by atoms with Crippen LogP contribution in [0.2, 0.25) is 0 Å². The molecule has 0 aliphatic heterocycles. The number of hydrogen-bond donors (Lipinski definition) is 3. The van der Waals surface area contributed by atoms with Gasteiger partial charge in [0.05, 0.1) is 11.0 Å². The van der Waals surface area contributed by atoms with E-state index in [0.717, 1.165) is 49.1 Å². The third-order valence-corrected chi connectivity index (χ3v) is 2.63. The van der Waals surface area contributed by atoms with Gasteiger partial charge in [-0.3, -0.25) is 0 Å². The number of aryl methyl sites for hydroxylation is 1. The van der Waals surface area contributed by atoms with E-state index in [0.29, 0.717) is 0 Å². The number of nitrogens with zero attached hydrogens (tertiary/aromatic N) is 1. The summed E-state index contributed by atoms with van der Waals surface area (Å²) in [6.45, 7) is 0.758.